The van der Waals surface area contributed by atoms with Gasteiger partial charge in [-0.05, 0) is 32.0 Å². The van der Waals surface area contributed by atoms with Gasteiger partial charge in [0, 0.05) is 50.9 Å². The van der Waals surface area contributed by atoms with E-state index in [-0.39, 0.29) is 5.82 Å². The molecule has 0 bridgehead atoms. The molecule has 1 atom stereocenters. The van der Waals surface area contributed by atoms with Crippen LogP contribution in [-0.2, 0) is 13.1 Å². The van der Waals surface area contributed by atoms with Gasteiger partial charge in [-0.15, -0.1) is 0 Å². The summed E-state index contributed by atoms with van der Waals surface area (Å²) in [6.07, 6.45) is 1.20. The van der Waals surface area contributed by atoms with Crippen molar-refractivity contribution >= 4 is 0 Å². The Labute approximate surface area is 128 Å². The summed E-state index contributed by atoms with van der Waals surface area (Å²) in [6, 6.07) is 6.10. The van der Waals surface area contributed by atoms with E-state index < -0.39 is 0 Å². The lowest BCUT2D eigenvalue weighted by atomic mass is 10.1. The zero-order chi connectivity index (χ0) is 15.2. The molecular formula is C17H28FN3. The van der Waals surface area contributed by atoms with Gasteiger partial charge in [0.1, 0.15) is 5.82 Å². The Bertz CT molecular complexity index is 442. The summed E-state index contributed by atoms with van der Waals surface area (Å²) in [4.78, 5) is 4.89. The molecule has 21 heavy (non-hydrogen) atoms. The number of nitrogens with zero attached hydrogens (tertiary/aromatic N) is 2. The van der Waals surface area contributed by atoms with Crippen LogP contribution in [0.4, 0.5) is 4.39 Å². The van der Waals surface area contributed by atoms with Gasteiger partial charge < -0.3 is 5.32 Å². The van der Waals surface area contributed by atoms with Gasteiger partial charge in [0.05, 0.1) is 0 Å². The van der Waals surface area contributed by atoms with Crippen molar-refractivity contribution in [1.82, 2.24) is 15.1 Å². The Morgan fingerprint density at radius 1 is 1.24 bits per heavy atom. The van der Waals surface area contributed by atoms with E-state index in [0.29, 0.717) is 6.04 Å². The van der Waals surface area contributed by atoms with E-state index in [2.05, 4.69) is 29.0 Å². The number of benzene rings is 1. The van der Waals surface area contributed by atoms with Gasteiger partial charge in [0.25, 0.3) is 0 Å². The Morgan fingerprint density at radius 3 is 2.57 bits per heavy atom. The van der Waals surface area contributed by atoms with Crippen LogP contribution in [0, 0.1) is 5.82 Å². The maximum absolute atomic E-state index is 14.0. The second kappa shape index (κ2) is 7.87. The van der Waals surface area contributed by atoms with Crippen LogP contribution in [0.3, 0.4) is 0 Å². The molecule has 0 spiro atoms. The van der Waals surface area contributed by atoms with Gasteiger partial charge >= 0.3 is 0 Å². The molecule has 1 aliphatic heterocycles. The molecule has 0 amide bonds. The fraction of sp³-hybridized carbons (Fsp3) is 0.647. The van der Waals surface area contributed by atoms with E-state index in [1.54, 1.807) is 6.07 Å². The van der Waals surface area contributed by atoms with Crippen LogP contribution in [0.2, 0.25) is 0 Å². The molecule has 4 heteroatoms. The third kappa shape index (κ3) is 4.50. The predicted octanol–water partition coefficient (Wildman–Crippen LogP) is 2.46. The highest BCUT2D eigenvalue weighted by molar-refractivity contribution is 5.25. The molecular weight excluding hydrogens is 265 g/mol. The standard InChI is InChI=1S/C17H28FN3/c1-4-14(2)21-9-7-20(8-10-21)13-16-11-15(12-19-3)5-6-17(16)18/h5-6,11,14,19H,4,7-10,12-13H2,1-3H3. The average Bonchev–Trinajstić information content (AvgIpc) is 2.51. The van der Waals surface area contributed by atoms with E-state index in [1.807, 2.05) is 19.2 Å². The van der Waals surface area contributed by atoms with Crippen LogP contribution in [0.15, 0.2) is 18.2 Å². The van der Waals surface area contributed by atoms with Crippen LogP contribution in [0.25, 0.3) is 0 Å². The smallest absolute Gasteiger partial charge is 0.127 e. The quantitative estimate of drug-likeness (QED) is 0.869. The van der Waals surface area contributed by atoms with Crippen molar-refractivity contribution in [2.75, 3.05) is 33.2 Å². The van der Waals surface area contributed by atoms with E-state index in [9.17, 15) is 4.39 Å². The molecule has 1 saturated heterocycles. The summed E-state index contributed by atoms with van der Waals surface area (Å²) in [5.41, 5.74) is 1.96. The normalized spacial score (nSPS) is 18.9. The molecule has 1 heterocycles. The molecule has 1 aliphatic rings. The molecule has 1 N–H and O–H groups in total. The van der Waals surface area contributed by atoms with Gasteiger partial charge in [0.2, 0.25) is 0 Å². The zero-order valence-corrected chi connectivity index (χ0v) is 13.5. The number of hydrogen-bond donors (Lipinski definition) is 1. The first-order chi connectivity index (χ1) is 10.1. The molecule has 2 rings (SSSR count). The first-order valence-electron chi connectivity index (χ1n) is 8.02. The molecule has 1 unspecified atom stereocenters. The van der Waals surface area contributed by atoms with E-state index in [0.717, 1.165) is 50.4 Å². The van der Waals surface area contributed by atoms with Crippen LogP contribution < -0.4 is 5.32 Å². The molecule has 1 aromatic rings. The fourth-order valence-corrected chi connectivity index (χ4v) is 2.92. The molecule has 3 nitrogen and oxygen atoms in total. The lowest BCUT2D eigenvalue weighted by Gasteiger charge is -2.37. The molecule has 1 aromatic carbocycles. The molecule has 1 fully saturated rings. The largest absolute Gasteiger partial charge is 0.316 e. The van der Waals surface area contributed by atoms with Crippen molar-refractivity contribution in [3.05, 3.63) is 35.1 Å². The fourth-order valence-electron chi connectivity index (χ4n) is 2.92. The Kier molecular flexibility index (Phi) is 6.15. The number of halogens is 1. The maximum Gasteiger partial charge on any atom is 0.127 e. The van der Waals surface area contributed by atoms with Crippen molar-refractivity contribution in [2.24, 2.45) is 0 Å². The Balaban J connectivity index is 1.92. The number of hydrogen-bond acceptors (Lipinski definition) is 3. The number of rotatable bonds is 6. The first-order valence-corrected chi connectivity index (χ1v) is 8.02. The number of nitrogens with one attached hydrogen (secondary N) is 1. The monoisotopic (exact) mass is 293 g/mol. The van der Waals surface area contributed by atoms with Crippen LogP contribution >= 0.6 is 0 Å². The summed E-state index contributed by atoms with van der Waals surface area (Å²) in [5, 5.41) is 3.12. The Morgan fingerprint density at radius 2 is 1.95 bits per heavy atom. The van der Waals surface area contributed by atoms with Gasteiger partial charge in [-0.2, -0.15) is 0 Å². The summed E-state index contributed by atoms with van der Waals surface area (Å²) in [6.45, 7) is 10.3. The summed E-state index contributed by atoms with van der Waals surface area (Å²) in [7, 11) is 1.91. The summed E-state index contributed by atoms with van der Waals surface area (Å²) >= 11 is 0. The topological polar surface area (TPSA) is 18.5 Å². The third-order valence-corrected chi connectivity index (χ3v) is 4.51. The van der Waals surface area contributed by atoms with E-state index >= 15 is 0 Å². The minimum Gasteiger partial charge on any atom is -0.316 e. The minimum atomic E-state index is -0.0841. The van der Waals surface area contributed by atoms with Gasteiger partial charge in [-0.3, -0.25) is 9.80 Å². The summed E-state index contributed by atoms with van der Waals surface area (Å²) < 4.78 is 14.0. The van der Waals surface area contributed by atoms with Crippen LogP contribution in [0.1, 0.15) is 31.4 Å². The maximum atomic E-state index is 14.0. The highest BCUT2D eigenvalue weighted by Gasteiger charge is 2.20. The Hall–Kier alpha value is -0.970. The molecule has 0 saturated carbocycles. The summed E-state index contributed by atoms with van der Waals surface area (Å²) in [5.74, 6) is -0.0841. The lowest BCUT2D eigenvalue weighted by Crippen LogP contribution is -2.49. The van der Waals surface area contributed by atoms with Crippen LogP contribution in [0.5, 0.6) is 0 Å². The van der Waals surface area contributed by atoms with Crippen molar-refractivity contribution in [2.45, 2.75) is 39.4 Å². The third-order valence-electron chi connectivity index (χ3n) is 4.51. The van der Waals surface area contributed by atoms with Crippen molar-refractivity contribution in [1.29, 1.82) is 0 Å². The molecule has 118 valence electrons. The first kappa shape index (κ1) is 16.4. The minimum absolute atomic E-state index is 0.0841. The number of piperazine rings is 1. The van der Waals surface area contributed by atoms with E-state index in [4.69, 9.17) is 0 Å². The molecule has 0 radical (unpaired) electrons. The van der Waals surface area contributed by atoms with Gasteiger partial charge in [-0.1, -0.05) is 19.1 Å². The highest BCUT2D eigenvalue weighted by atomic mass is 19.1. The molecule has 0 aromatic heterocycles. The van der Waals surface area contributed by atoms with Crippen molar-refractivity contribution in [3.8, 4) is 0 Å². The van der Waals surface area contributed by atoms with Crippen LogP contribution in [-0.4, -0.2) is 49.1 Å². The SMILES string of the molecule is CCC(C)N1CCN(Cc2cc(CNC)ccc2F)CC1. The predicted molar refractivity (Wildman–Crippen MR) is 85.8 cm³/mol. The molecule has 0 aliphatic carbocycles. The zero-order valence-electron chi connectivity index (χ0n) is 13.5. The second-order valence-electron chi connectivity index (χ2n) is 6.03. The van der Waals surface area contributed by atoms with Crippen molar-refractivity contribution in [3.63, 3.8) is 0 Å². The average molecular weight is 293 g/mol. The van der Waals surface area contributed by atoms with E-state index in [1.165, 1.54) is 6.42 Å². The van der Waals surface area contributed by atoms with Crippen molar-refractivity contribution < 1.29 is 4.39 Å². The van der Waals surface area contributed by atoms with Gasteiger partial charge in [0.15, 0.2) is 0 Å². The highest BCUT2D eigenvalue weighted by Crippen LogP contribution is 2.16. The lowest BCUT2D eigenvalue weighted by molar-refractivity contribution is 0.0956. The second-order valence-corrected chi connectivity index (χ2v) is 6.03. The van der Waals surface area contributed by atoms with Gasteiger partial charge in [-0.25, -0.2) is 4.39 Å².